The van der Waals surface area contributed by atoms with Gasteiger partial charge in [0.2, 0.25) is 5.91 Å². The number of allylic oxidation sites excluding steroid dienone is 2. The summed E-state index contributed by atoms with van der Waals surface area (Å²) in [6.07, 6.45) is 0. The van der Waals surface area contributed by atoms with Crippen molar-refractivity contribution in [3.63, 3.8) is 0 Å². The van der Waals surface area contributed by atoms with E-state index in [1.807, 2.05) is 13.8 Å². The molecule has 0 saturated heterocycles. The molecule has 1 aliphatic heterocycles. The van der Waals surface area contributed by atoms with E-state index in [1.165, 1.54) is 0 Å². The maximum Gasteiger partial charge on any atom is 0.326 e. The van der Waals surface area contributed by atoms with Crippen LogP contribution in [0.25, 0.3) is 0 Å². The lowest BCUT2D eigenvalue weighted by Gasteiger charge is -2.25. The minimum Gasteiger partial charge on any atom is -0.465 e. The average molecular weight is 239 g/mol. The number of hydrogen-bond donors (Lipinski definition) is 1. The van der Waals surface area contributed by atoms with Crippen molar-refractivity contribution in [1.82, 2.24) is 5.32 Å². The molecule has 0 aromatic rings. The molecule has 0 bridgehead atoms. The van der Waals surface area contributed by atoms with Crippen LogP contribution in [0.2, 0.25) is 0 Å². The third-order valence-corrected chi connectivity index (χ3v) is 2.60. The highest BCUT2D eigenvalue weighted by atomic mass is 16.5. The highest BCUT2D eigenvalue weighted by Crippen LogP contribution is 2.24. The summed E-state index contributed by atoms with van der Waals surface area (Å²) in [6, 6.07) is 0. The molecule has 1 atom stereocenters. The van der Waals surface area contributed by atoms with Crippen LogP contribution in [0.5, 0.6) is 0 Å². The Morgan fingerprint density at radius 3 is 2.47 bits per heavy atom. The summed E-state index contributed by atoms with van der Waals surface area (Å²) < 4.78 is 4.74. The fraction of sp³-hybridized carbons (Fsp3) is 0.583. The second kappa shape index (κ2) is 5.12. The zero-order chi connectivity index (χ0) is 13.2. The van der Waals surface area contributed by atoms with Crippen molar-refractivity contribution >= 4 is 17.7 Å². The maximum atomic E-state index is 12.1. The molecule has 0 aromatic heterocycles. The number of nitrogens with one attached hydrogen (secondary N) is 1. The number of carbonyl (C=O) groups is 3. The van der Waals surface area contributed by atoms with Gasteiger partial charge in [0, 0.05) is 11.3 Å². The summed E-state index contributed by atoms with van der Waals surface area (Å²) in [5.41, 5.74) is 1.01. The topological polar surface area (TPSA) is 72.5 Å². The number of hydrogen-bond acceptors (Lipinski definition) is 4. The zero-order valence-electron chi connectivity index (χ0n) is 10.5. The number of Topliss-reactive ketones (excluding diaryl/α,β-unsaturated/α-hetero) is 1. The average Bonchev–Trinajstić information content (AvgIpc) is 2.15. The number of ether oxygens (including phenoxy) is 1. The smallest absolute Gasteiger partial charge is 0.326 e. The molecule has 5 nitrogen and oxygen atoms in total. The lowest BCUT2D eigenvalue weighted by atomic mass is 9.86. The molecule has 0 aromatic carbocycles. The van der Waals surface area contributed by atoms with Crippen LogP contribution in [-0.4, -0.2) is 24.3 Å². The van der Waals surface area contributed by atoms with Crippen LogP contribution in [0.1, 0.15) is 27.7 Å². The van der Waals surface area contributed by atoms with Crippen molar-refractivity contribution in [3.8, 4) is 0 Å². The standard InChI is InChI=1S/C12H17NO4/c1-5-17-12(16)9-10(14)8(6(2)3)7(4)13-11(9)15/h6,9H,5H2,1-4H3,(H,13,15). The largest absolute Gasteiger partial charge is 0.465 e. The molecule has 0 radical (unpaired) electrons. The number of ketones is 1. The Kier molecular flexibility index (Phi) is 4.04. The van der Waals surface area contributed by atoms with Gasteiger partial charge in [0.15, 0.2) is 11.7 Å². The van der Waals surface area contributed by atoms with Gasteiger partial charge in [0.1, 0.15) is 0 Å². The van der Waals surface area contributed by atoms with Crippen molar-refractivity contribution in [3.05, 3.63) is 11.3 Å². The van der Waals surface area contributed by atoms with Gasteiger partial charge in [-0.25, -0.2) is 0 Å². The van der Waals surface area contributed by atoms with Crippen LogP contribution >= 0.6 is 0 Å². The molecule has 1 N–H and O–H groups in total. The summed E-state index contributed by atoms with van der Waals surface area (Å²) in [5, 5.41) is 2.55. The number of esters is 1. The normalized spacial score (nSPS) is 20.6. The first-order valence-corrected chi connectivity index (χ1v) is 5.62. The SMILES string of the molecule is CCOC(=O)C1C(=O)NC(C)=C(C(C)C)C1=O. The number of carbonyl (C=O) groups excluding carboxylic acids is 3. The first-order chi connectivity index (χ1) is 7.90. The highest BCUT2D eigenvalue weighted by Gasteiger charge is 2.41. The summed E-state index contributed by atoms with van der Waals surface area (Å²) in [7, 11) is 0. The molecule has 0 fully saturated rings. The van der Waals surface area contributed by atoms with Crippen molar-refractivity contribution in [2.24, 2.45) is 11.8 Å². The van der Waals surface area contributed by atoms with Gasteiger partial charge in [0.05, 0.1) is 6.61 Å². The monoisotopic (exact) mass is 239 g/mol. The van der Waals surface area contributed by atoms with E-state index in [0.29, 0.717) is 11.3 Å². The fourth-order valence-corrected chi connectivity index (χ4v) is 1.94. The molecule has 0 spiro atoms. The molecule has 0 saturated carbocycles. The van der Waals surface area contributed by atoms with Crippen LogP contribution in [0, 0.1) is 11.8 Å². The first-order valence-electron chi connectivity index (χ1n) is 5.62. The molecule has 1 amide bonds. The Morgan fingerprint density at radius 1 is 1.41 bits per heavy atom. The van der Waals surface area contributed by atoms with Gasteiger partial charge >= 0.3 is 5.97 Å². The third-order valence-electron chi connectivity index (χ3n) is 2.60. The lowest BCUT2D eigenvalue weighted by molar-refractivity contribution is -0.155. The quantitative estimate of drug-likeness (QED) is 0.584. The molecule has 0 aliphatic carbocycles. The van der Waals surface area contributed by atoms with Gasteiger partial charge < -0.3 is 10.1 Å². The van der Waals surface area contributed by atoms with E-state index >= 15 is 0 Å². The number of amides is 1. The second-order valence-corrected chi connectivity index (χ2v) is 4.23. The summed E-state index contributed by atoms with van der Waals surface area (Å²) in [6.45, 7) is 7.13. The van der Waals surface area contributed by atoms with Crippen LogP contribution in [0.4, 0.5) is 0 Å². The Hall–Kier alpha value is -1.65. The third kappa shape index (κ3) is 2.54. The maximum absolute atomic E-state index is 12.1. The van der Waals surface area contributed by atoms with Gasteiger partial charge in [-0.2, -0.15) is 0 Å². The number of rotatable bonds is 3. The van der Waals surface area contributed by atoms with Crippen molar-refractivity contribution < 1.29 is 19.1 Å². The first kappa shape index (κ1) is 13.4. The van der Waals surface area contributed by atoms with E-state index in [-0.39, 0.29) is 12.5 Å². The van der Waals surface area contributed by atoms with Gasteiger partial charge in [-0.15, -0.1) is 0 Å². The van der Waals surface area contributed by atoms with Crippen molar-refractivity contribution in [1.29, 1.82) is 0 Å². The van der Waals surface area contributed by atoms with E-state index < -0.39 is 23.6 Å². The molecular formula is C12H17NO4. The Labute approximate surface area is 100 Å². The van der Waals surface area contributed by atoms with Gasteiger partial charge in [0.25, 0.3) is 0 Å². The van der Waals surface area contributed by atoms with Crippen molar-refractivity contribution in [2.45, 2.75) is 27.7 Å². The second-order valence-electron chi connectivity index (χ2n) is 4.23. The summed E-state index contributed by atoms with van der Waals surface area (Å²) in [4.78, 5) is 35.3. The molecule has 1 unspecified atom stereocenters. The fourth-order valence-electron chi connectivity index (χ4n) is 1.94. The van der Waals surface area contributed by atoms with E-state index in [2.05, 4.69) is 5.32 Å². The van der Waals surface area contributed by atoms with E-state index in [1.54, 1.807) is 13.8 Å². The molecule has 5 heteroatoms. The molecule has 1 aliphatic rings. The van der Waals surface area contributed by atoms with Crippen LogP contribution in [0.3, 0.4) is 0 Å². The zero-order valence-corrected chi connectivity index (χ0v) is 10.5. The predicted molar refractivity (Wildman–Crippen MR) is 60.8 cm³/mol. The molecule has 1 heterocycles. The lowest BCUT2D eigenvalue weighted by Crippen LogP contribution is -2.46. The van der Waals surface area contributed by atoms with E-state index in [4.69, 9.17) is 4.74 Å². The van der Waals surface area contributed by atoms with E-state index in [9.17, 15) is 14.4 Å². The Morgan fingerprint density at radius 2 is 2.00 bits per heavy atom. The van der Waals surface area contributed by atoms with Gasteiger partial charge in [-0.3, -0.25) is 14.4 Å². The van der Waals surface area contributed by atoms with Gasteiger partial charge in [-0.1, -0.05) is 13.8 Å². The van der Waals surface area contributed by atoms with E-state index in [0.717, 1.165) is 0 Å². The Bertz CT molecular complexity index is 395. The van der Waals surface area contributed by atoms with Crippen LogP contribution in [0.15, 0.2) is 11.3 Å². The Balaban J connectivity index is 3.08. The summed E-state index contributed by atoms with van der Waals surface area (Å²) >= 11 is 0. The molecular weight excluding hydrogens is 222 g/mol. The predicted octanol–water partition coefficient (Wildman–Crippen LogP) is 0.795. The highest BCUT2D eigenvalue weighted by molar-refractivity contribution is 6.24. The molecule has 94 valence electrons. The minimum absolute atomic E-state index is 0.0416. The van der Waals surface area contributed by atoms with Gasteiger partial charge in [-0.05, 0) is 19.8 Å². The van der Waals surface area contributed by atoms with Crippen LogP contribution < -0.4 is 5.32 Å². The summed E-state index contributed by atoms with van der Waals surface area (Å²) in [5.74, 6) is -3.22. The minimum atomic E-state index is -1.35. The molecule has 17 heavy (non-hydrogen) atoms. The van der Waals surface area contributed by atoms with Crippen molar-refractivity contribution in [2.75, 3.05) is 6.61 Å². The molecule has 1 rings (SSSR count). The van der Waals surface area contributed by atoms with Crippen LogP contribution in [-0.2, 0) is 19.1 Å².